The van der Waals surface area contributed by atoms with Crippen LogP contribution in [0.15, 0.2) is 29.2 Å². The molecule has 1 aromatic rings. The fourth-order valence-corrected chi connectivity index (χ4v) is 1.84. The van der Waals surface area contributed by atoms with Gasteiger partial charge in [-0.1, -0.05) is 12.1 Å². The third-order valence-corrected chi connectivity index (χ3v) is 3.03. The van der Waals surface area contributed by atoms with Crippen LogP contribution in [0.25, 0.3) is 0 Å². The van der Waals surface area contributed by atoms with Gasteiger partial charge < -0.3 is 5.11 Å². The molecule has 0 radical (unpaired) electrons. The largest absolute Gasteiger partial charge is 0.481 e. The average molecular weight is 246 g/mol. The topological polar surface area (TPSA) is 37.3 Å². The van der Waals surface area contributed by atoms with E-state index in [0.29, 0.717) is 5.56 Å². The van der Waals surface area contributed by atoms with Gasteiger partial charge in [0.05, 0.1) is 12.2 Å². The van der Waals surface area contributed by atoms with Gasteiger partial charge in [0.25, 0.3) is 5.92 Å². The first-order chi connectivity index (χ1) is 7.37. The highest BCUT2D eigenvalue weighted by Crippen LogP contribution is 2.25. The third kappa shape index (κ3) is 5.11. The first-order valence-corrected chi connectivity index (χ1v) is 5.67. The van der Waals surface area contributed by atoms with Gasteiger partial charge in [0, 0.05) is 11.8 Å². The molecule has 0 atom stereocenters. The van der Waals surface area contributed by atoms with Crippen LogP contribution in [-0.2, 0) is 11.2 Å². The summed E-state index contributed by atoms with van der Waals surface area (Å²) in [6, 6.07) is 6.61. The maximum absolute atomic E-state index is 12.6. The maximum Gasteiger partial charge on any atom is 0.307 e. The number of aliphatic carboxylic acids is 1. The van der Waals surface area contributed by atoms with E-state index in [0.717, 1.165) is 23.6 Å². The molecule has 88 valence electrons. The molecule has 0 aliphatic heterocycles. The van der Waals surface area contributed by atoms with E-state index < -0.39 is 11.9 Å². The molecule has 1 N–H and O–H groups in total. The molecule has 2 nitrogen and oxygen atoms in total. The minimum Gasteiger partial charge on any atom is -0.481 e. The lowest BCUT2D eigenvalue weighted by Crippen LogP contribution is -2.12. The second kappa shape index (κ2) is 5.30. The Bertz CT molecular complexity index is 357. The lowest BCUT2D eigenvalue weighted by atomic mass is 10.2. The second-order valence-electron chi connectivity index (χ2n) is 3.57. The zero-order valence-electron chi connectivity index (χ0n) is 8.74. The third-order valence-electron chi connectivity index (χ3n) is 1.77. The molecule has 0 spiro atoms. The molecule has 0 saturated carbocycles. The molecule has 1 aromatic carbocycles. The van der Waals surface area contributed by atoms with Gasteiger partial charge in [-0.3, -0.25) is 4.79 Å². The predicted molar refractivity (Wildman–Crippen MR) is 59.1 cm³/mol. The summed E-state index contributed by atoms with van der Waals surface area (Å²) in [5.74, 6) is -3.86. The summed E-state index contributed by atoms with van der Waals surface area (Å²) in [5, 5.41) is 8.54. The van der Waals surface area contributed by atoms with Crippen molar-refractivity contribution < 1.29 is 18.7 Å². The van der Waals surface area contributed by atoms with E-state index in [1.54, 1.807) is 24.3 Å². The number of carboxylic acids is 1. The quantitative estimate of drug-likeness (QED) is 0.811. The number of benzene rings is 1. The van der Waals surface area contributed by atoms with Crippen LogP contribution in [0.2, 0.25) is 0 Å². The van der Waals surface area contributed by atoms with Crippen LogP contribution in [0.1, 0.15) is 12.5 Å². The molecule has 0 heterocycles. The summed E-state index contributed by atoms with van der Waals surface area (Å²) in [6.45, 7) is 0.874. The van der Waals surface area contributed by atoms with E-state index in [1.165, 1.54) is 0 Å². The predicted octanol–water partition coefficient (Wildman–Crippen LogP) is 3.06. The van der Waals surface area contributed by atoms with Crippen LogP contribution in [0.5, 0.6) is 0 Å². The van der Waals surface area contributed by atoms with Crippen LogP contribution >= 0.6 is 11.8 Å². The molecule has 0 bridgehead atoms. The minimum absolute atomic E-state index is 0.0467. The summed E-state index contributed by atoms with van der Waals surface area (Å²) >= 11 is 1.06. The van der Waals surface area contributed by atoms with Crippen molar-refractivity contribution in [3.63, 3.8) is 0 Å². The van der Waals surface area contributed by atoms with Crippen molar-refractivity contribution in [2.45, 2.75) is 24.2 Å². The van der Waals surface area contributed by atoms with Crippen LogP contribution in [-0.4, -0.2) is 22.8 Å². The lowest BCUT2D eigenvalue weighted by molar-refractivity contribution is -0.136. The highest BCUT2D eigenvalue weighted by atomic mass is 32.2. The van der Waals surface area contributed by atoms with E-state index >= 15 is 0 Å². The molecule has 16 heavy (non-hydrogen) atoms. The molecule has 0 aliphatic rings. The molecule has 0 fully saturated rings. The number of rotatable bonds is 5. The van der Waals surface area contributed by atoms with Gasteiger partial charge in [-0.15, -0.1) is 11.8 Å². The summed E-state index contributed by atoms with van der Waals surface area (Å²) in [4.78, 5) is 11.1. The Morgan fingerprint density at radius 3 is 2.38 bits per heavy atom. The Kier molecular flexibility index (Phi) is 4.29. The van der Waals surface area contributed by atoms with Gasteiger partial charge in [-0.25, -0.2) is 8.78 Å². The zero-order chi connectivity index (χ0) is 12.2. The SMILES string of the molecule is CC(F)(F)CSc1ccc(CC(=O)O)cc1. The van der Waals surface area contributed by atoms with Gasteiger partial charge >= 0.3 is 5.97 Å². The van der Waals surface area contributed by atoms with Crippen molar-refractivity contribution in [3.05, 3.63) is 29.8 Å². The van der Waals surface area contributed by atoms with Crippen molar-refractivity contribution in [1.29, 1.82) is 0 Å². The van der Waals surface area contributed by atoms with Gasteiger partial charge in [0.2, 0.25) is 0 Å². The molecular formula is C11H12F2O2S. The van der Waals surface area contributed by atoms with Crippen LogP contribution in [0.4, 0.5) is 8.78 Å². The normalized spacial score (nSPS) is 11.4. The molecule has 5 heteroatoms. The first kappa shape index (κ1) is 13.0. The van der Waals surface area contributed by atoms with Gasteiger partial charge in [0.1, 0.15) is 0 Å². The van der Waals surface area contributed by atoms with Crippen LogP contribution in [0.3, 0.4) is 0 Å². The summed E-state index contributed by atoms with van der Waals surface area (Å²) in [5.41, 5.74) is 0.667. The molecular weight excluding hydrogens is 234 g/mol. The Hall–Kier alpha value is -1.10. The van der Waals surface area contributed by atoms with Crippen molar-refractivity contribution in [3.8, 4) is 0 Å². The molecule has 1 rings (SSSR count). The van der Waals surface area contributed by atoms with Gasteiger partial charge in [-0.2, -0.15) is 0 Å². The number of halogens is 2. The van der Waals surface area contributed by atoms with E-state index in [1.807, 2.05) is 0 Å². The summed E-state index contributed by atoms with van der Waals surface area (Å²) in [6.07, 6.45) is -0.0467. The Balaban J connectivity index is 2.55. The van der Waals surface area contributed by atoms with E-state index in [-0.39, 0.29) is 12.2 Å². The van der Waals surface area contributed by atoms with Gasteiger partial charge in [-0.05, 0) is 17.7 Å². The number of hydrogen-bond acceptors (Lipinski definition) is 2. The van der Waals surface area contributed by atoms with Crippen LogP contribution in [0, 0.1) is 0 Å². The number of thioether (sulfide) groups is 1. The Morgan fingerprint density at radius 2 is 1.94 bits per heavy atom. The minimum atomic E-state index is -2.69. The summed E-state index contributed by atoms with van der Waals surface area (Å²) in [7, 11) is 0. The first-order valence-electron chi connectivity index (χ1n) is 4.68. The molecule has 0 saturated heterocycles. The standard InChI is InChI=1S/C11H12F2O2S/c1-11(12,13)7-16-9-4-2-8(3-5-9)6-10(14)15/h2-5H,6-7H2,1H3,(H,14,15). The Labute approximate surface area is 96.7 Å². The summed E-state index contributed by atoms with van der Waals surface area (Å²) < 4.78 is 25.1. The van der Waals surface area contributed by atoms with Gasteiger partial charge in [0.15, 0.2) is 0 Å². The molecule has 0 amide bonds. The molecule has 0 aromatic heterocycles. The van der Waals surface area contributed by atoms with E-state index in [2.05, 4.69) is 0 Å². The number of carbonyl (C=O) groups is 1. The van der Waals surface area contributed by atoms with E-state index in [9.17, 15) is 13.6 Å². The van der Waals surface area contributed by atoms with E-state index in [4.69, 9.17) is 5.11 Å². The highest BCUT2D eigenvalue weighted by Gasteiger charge is 2.20. The number of alkyl halides is 2. The highest BCUT2D eigenvalue weighted by molar-refractivity contribution is 7.99. The number of hydrogen-bond donors (Lipinski definition) is 1. The van der Waals surface area contributed by atoms with Crippen molar-refractivity contribution >= 4 is 17.7 Å². The Morgan fingerprint density at radius 1 is 1.38 bits per heavy atom. The van der Waals surface area contributed by atoms with Crippen molar-refractivity contribution in [2.75, 3.05) is 5.75 Å². The fourth-order valence-electron chi connectivity index (χ4n) is 1.09. The molecule has 0 aliphatic carbocycles. The fraction of sp³-hybridized carbons (Fsp3) is 0.364. The number of carboxylic acid groups (broad SMARTS) is 1. The zero-order valence-corrected chi connectivity index (χ0v) is 9.56. The molecule has 0 unspecified atom stereocenters. The smallest absolute Gasteiger partial charge is 0.307 e. The monoisotopic (exact) mass is 246 g/mol. The van der Waals surface area contributed by atoms with Crippen molar-refractivity contribution in [2.24, 2.45) is 0 Å². The lowest BCUT2D eigenvalue weighted by Gasteiger charge is -2.09. The van der Waals surface area contributed by atoms with Crippen molar-refractivity contribution in [1.82, 2.24) is 0 Å². The second-order valence-corrected chi connectivity index (χ2v) is 4.62. The maximum atomic E-state index is 12.6. The average Bonchev–Trinajstić information content (AvgIpc) is 2.14. The van der Waals surface area contributed by atoms with Crippen LogP contribution < -0.4 is 0 Å².